The van der Waals surface area contributed by atoms with Gasteiger partial charge in [0.25, 0.3) is 0 Å². The number of piperidine rings is 1. The summed E-state index contributed by atoms with van der Waals surface area (Å²) in [6.45, 7) is 15.6. The highest BCUT2D eigenvalue weighted by atomic mass is 127. The topological polar surface area (TPSA) is 42.9 Å². The predicted molar refractivity (Wildman–Crippen MR) is 107 cm³/mol. The molecule has 0 aromatic rings. The summed E-state index contributed by atoms with van der Waals surface area (Å²) in [6, 6.07) is 1.22. The summed E-state index contributed by atoms with van der Waals surface area (Å²) < 4.78 is 0. The summed E-state index contributed by atoms with van der Waals surface area (Å²) in [4.78, 5) is 9.32. The number of nitrogens with zero attached hydrogens (tertiary/aromatic N) is 3. The molecule has 6 heteroatoms. The molecule has 0 spiro atoms. The molecule has 1 rings (SSSR count). The van der Waals surface area contributed by atoms with Crippen LogP contribution in [0.3, 0.4) is 0 Å². The number of hydrogen-bond acceptors (Lipinski definition) is 3. The quantitative estimate of drug-likeness (QED) is 0.372. The molecule has 22 heavy (non-hydrogen) atoms. The Morgan fingerprint density at radius 1 is 1.23 bits per heavy atom. The second-order valence-electron chi connectivity index (χ2n) is 6.07. The van der Waals surface area contributed by atoms with E-state index < -0.39 is 0 Å². The Morgan fingerprint density at radius 3 is 2.27 bits per heavy atom. The summed E-state index contributed by atoms with van der Waals surface area (Å²) >= 11 is 0. The van der Waals surface area contributed by atoms with E-state index >= 15 is 0 Å². The first-order valence-electron chi connectivity index (χ1n) is 8.54. The molecule has 1 heterocycles. The summed E-state index contributed by atoms with van der Waals surface area (Å²) in [5.74, 6) is 0.949. The van der Waals surface area contributed by atoms with Gasteiger partial charge in [0, 0.05) is 45.3 Å². The van der Waals surface area contributed by atoms with E-state index in [1.54, 1.807) is 0 Å². The van der Waals surface area contributed by atoms with E-state index in [2.05, 4.69) is 53.1 Å². The smallest absolute Gasteiger partial charge is 0.191 e. The fourth-order valence-corrected chi connectivity index (χ4v) is 2.82. The molecule has 0 unspecified atom stereocenters. The van der Waals surface area contributed by atoms with E-state index in [0.29, 0.717) is 12.1 Å². The zero-order valence-electron chi connectivity index (χ0n) is 15.1. The zero-order chi connectivity index (χ0) is 15.7. The lowest BCUT2D eigenvalue weighted by Gasteiger charge is -2.35. The highest BCUT2D eigenvalue weighted by Crippen LogP contribution is 2.12. The molecule has 0 aliphatic carbocycles. The summed E-state index contributed by atoms with van der Waals surface area (Å²) in [5.41, 5.74) is 0. The molecule has 1 saturated heterocycles. The minimum atomic E-state index is 0. The molecule has 0 radical (unpaired) electrons. The van der Waals surface area contributed by atoms with Crippen LogP contribution < -0.4 is 10.6 Å². The van der Waals surface area contributed by atoms with Crippen molar-refractivity contribution in [1.82, 2.24) is 20.4 Å². The van der Waals surface area contributed by atoms with Crippen LogP contribution in [0.5, 0.6) is 0 Å². The maximum Gasteiger partial charge on any atom is 0.191 e. The van der Waals surface area contributed by atoms with Crippen molar-refractivity contribution in [2.75, 3.05) is 46.3 Å². The zero-order valence-corrected chi connectivity index (χ0v) is 17.4. The Labute approximate surface area is 154 Å². The lowest BCUT2D eigenvalue weighted by Crippen LogP contribution is -2.50. The molecule has 0 atom stereocenters. The van der Waals surface area contributed by atoms with E-state index in [-0.39, 0.29) is 24.0 Å². The molecule has 0 aromatic heterocycles. The van der Waals surface area contributed by atoms with E-state index in [4.69, 9.17) is 0 Å². The first kappa shape index (κ1) is 21.9. The van der Waals surface area contributed by atoms with Gasteiger partial charge in [-0.2, -0.15) is 0 Å². The molecule has 0 saturated carbocycles. The maximum atomic E-state index is 4.35. The average Bonchev–Trinajstić information content (AvgIpc) is 2.50. The van der Waals surface area contributed by atoms with Gasteiger partial charge in [-0.05, 0) is 39.8 Å². The van der Waals surface area contributed by atoms with Crippen LogP contribution in [-0.2, 0) is 0 Å². The number of guanidine groups is 1. The normalized spacial score (nSPS) is 17.7. The number of likely N-dealkylation sites (tertiary alicyclic amines) is 1. The largest absolute Gasteiger partial charge is 0.355 e. The third-order valence-corrected chi connectivity index (χ3v) is 4.44. The Kier molecular flexibility index (Phi) is 12.3. The Bertz CT molecular complexity index is 297. The van der Waals surface area contributed by atoms with Crippen LogP contribution in [0.2, 0.25) is 0 Å². The Balaban J connectivity index is 0.00000441. The number of nitrogens with one attached hydrogen (secondary N) is 2. The minimum absolute atomic E-state index is 0. The average molecular weight is 425 g/mol. The van der Waals surface area contributed by atoms with Crippen LogP contribution >= 0.6 is 24.0 Å². The van der Waals surface area contributed by atoms with Crippen LogP contribution in [0.4, 0.5) is 0 Å². The van der Waals surface area contributed by atoms with Gasteiger partial charge in [-0.25, -0.2) is 0 Å². The fourth-order valence-electron chi connectivity index (χ4n) is 2.82. The van der Waals surface area contributed by atoms with Gasteiger partial charge in [0.15, 0.2) is 5.96 Å². The lowest BCUT2D eigenvalue weighted by atomic mass is 10.0. The minimum Gasteiger partial charge on any atom is -0.355 e. The van der Waals surface area contributed by atoms with Crippen molar-refractivity contribution >= 4 is 29.9 Å². The first-order chi connectivity index (χ1) is 10.1. The van der Waals surface area contributed by atoms with Crippen molar-refractivity contribution in [3.8, 4) is 0 Å². The number of aliphatic imine (C=N–C) groups is 1. The molecule has 1 fully saturated rings. The fraction of sp³-hybridized carbons (Fsp3) is 0.938. The van der Waals surface area contributed by atoms with Crippen molar-refractivity contribution in [2.24, 2.45) is 4.99 Å². The second kappa shape index (κ2) is 12.4. The molecule has 0 bridgehead atoms. The predicted octanol–water partition coefficient (Wildman–Crippen LogP) is 1.98. The number of halogens is 1. The second-order valence-corrected chi connectivity index (χ2v) is 6.07. The molecule has 132 valence electrons. The summed E-state index contributed by atoms with van der Waals surface area (Å²) in [5, 5.41) is 7.00. The van der Waals surface area contributed by atoms with Crippen molar-refractivity contribution in [3.63, 3.8) is 0 Å². The molecule has 5 nitrogen and oxygen atoms in total. The van der Waals surface area contributed by atoms with E-state index in [9.17, 15) is 0 Å². The van der Waals surface area contributed by atoms with Crippen molar-refractivity contribution in [3.05, 3.63) is 0 Å². The number of hydrogen-bond donors (Lipinski definition) is 2. The summed E-state index contributed by atoms with van der Waals surface area (Å²) in [7, 11) is 1.86. The van der Waals surface area contributed by atoms with Gasteiger partial charge in [0.2, 0.25) is 0 Å². The highest BCUT2D eigenvalue weighted by Gasteiger charge is 2.21. The van der Waals surface area contributed by atoms with Crippen LogP contribution in [0, 0.1) is 0 Å². The van der Waals surface area contributed by atoms with Crippen molar-refractivity contribution in [2.45, 2.75) is 52.6 Å². The lowest BCUT2D eigenvalue weighted by molar-refractivity contribution is 0.167. The van der Waals surface area contributed by atoms with Crippen LogP contribution in [0.1, 0.15) is 40.5 Å². The molecule has 1 aliphatic rings. The molecular formula is C16H36IN5. The van der Waals surface area contributed by atoms with Crippen LogP contribution in [-0.4, -0.2) is 74.2 Å². The van der Waals surface area contributed by atoms with Crippen LogP contribution in [0.25, 0.3) is 0 Å². The van der Waals surface area contributed by atoms with Crippen molar-refractivity contribution in [1.29, 1.82) is 0 Å². The Hall–Kier alpha value is -0.0800. The SMILES string of the molecule is CCN(CC)CCNC(=NC)NC1CCN(C(C)C)CC1.I. The van der Waals surface area contributed by atoms with E-state index in [1.165, 1.54) is 25.9 Å². The molecular weight excluding hydrogens is 389 g/mol. The molecule has 0 amide bonds. The van der Waals surface area contributed by atoms with Gasteiger partial charge >= 0.3 is 0 Å². The maximum absolute atomic E-state index is 4.35. The van der Waals surface area contributed by atoms with Gasteiger partial charge in [0.05, 0.1) is 0 Å². The highest BCUT2D eigenvalue weighted by molar-refractivity contribution is 14.0. The molecule has 2 N–H and O–H groups in total. The standard InChI is InChI=1S/C16H35N5.HI/c1-6-20(7-2)13-10-18-16(17-5)19-15-8-11-21(12-9-15)14(3)4;/h14-15H,6-13H2,1-5H3,(H2,17,18,19);1H. The van der Waals surface area contributed by atoms with Crippen molar-refractivity contribution < 1.29 is 0 Å². The van der Waals surface area contributed by atoms with Gasteiger partial charge in [-0.3, -0.25) is 4.99 Å². The van der Waals surface area contributed by atoms with E-state index in [1.807, 2.05) is 7.05 Å². The van der Waals surface area contributed by atoms with Gasteiger partial charge in [-0.1, -0.05) is 13.8 Å². The Morgan fingerprint density at radius 2 is 1.82 bits per heavy atom. The number of rotatable bonds is 7. The van der Waals surface area contributed by atoms with Gasteiger partial charge < -0.3 is 20.4 Å². The van der Waals surface area contributed by atoms with Crippen LogP contribution in [0.15, 0.2) is 4.99 Å². The monoisotopic (exact) mass is 425 g/mol. The molecule has 0 aromatic carbocycles. The van der Waals surface area contributed by atoms with Gasteiger partial charge in [0.1, 0.15) is 0 Å². The van der Waals surface area contributed by atoms with Gasteiger partial charge in [-0.15, -0.1) is 24.0 Å². The molecule has 1 aliphatic heterocycles. The van der Waals surface area contributed by atoms with E-state index in [0.717, 1.165) is 32.1 Å². The third kappa shape index (κ3) is 7.97. The first-order valence-corrected chi connectivity index (χ1v) is 8.54. The number of likely N-dealkylation sites (N-methyl/N-ethyl adjacent to an activating group) is 1. The third-order valence-electron chi connectivity index (χ3n) is 4.44. The summed E-state index contributed by atoms with van der Waals surface area (Å²) in [6.07, 6.45) is 2.41.